The van der Waals surface area contributed by atoms with E-state index in [-0.39, 0.29) is 0 Å². The summed E-state index contributed by atoms with van der Waals surface area (Å²) in [5.74, 6) is 1.01. The zero-order chi connectivity index (χ0) is 14.8. The van der Waals surface area contributed by atoms with E-state index in [2.05, 4.69) is 12.1 Å². The van der Waals surface area contributed by atoms with Crippen molar-refractivity contribution in [3.05, 3.63) is 63.7 Å². The summed E-state index contributed by atoms with van der Waals surface area (Å²) in [6.07, 6.45) is 2.10. The van der Waals surface area contributed by atoms with Crippen molar-refractivity contribution in [2.45, 2.75) is 32.3 Å². The van der Waals surface area contributed by atoms with Crippen molar-refractivity contribution in [3.8, 4) is 5.75 Å². The molecule has 1 heterocycles. The van der Waals surface area contributed by atoms with Crippen LogP contribution in [0.3, 0.4) is 0 Å². The number of halogens is 1. The van der Waals surface area contributed by atoms with Gasteiger partial charge in [0.25, 0.3) is 0 Å². The molecule has 1 aliphatic rings. The highest BCUT2D eigenvalue weighted by molar-refractivity contribution is 6.30. The van der Waals surface area contributed by atoms with Crippen molar-refractivity contribution in [1.29, 1.82) is 0 Å². The Hall–Kier alpha value is -1.51. The third kappa shape index (κ3) is 3.22. The molecule has 2 aromatic carbocycles. The SMILES string of the molecule is Cc1cc(Cl)ccc1C(O)CCc1ccc2c(c1)CCO2. The molecule has 2 nitrogen and oxygen atoms in total. The van der Waals surface area contributed by atoms with Gasteiger partial charge < -0.3 is 9.84 Å². The first-order valence-electron chi connectivity index (χ1n) is 7.32. The van der Waals surface area contributed by atoms with E-state index in [0.29, 0.717) is 11.4 Å². The van der Waals surface area contributed by atoms with Crippen LogP contribution in [-0.2, 0) is 12.8 Å². The topological polar surface area (TPSA) is 29.5 Å². The average Bonchev–Trinajstić information content (AvgIpc) is 2.92. The number of aryl methyl sites for hydroxylation is 2. The first-order chi connectivity index (χ1) is 10.1. The van der Waals surface area contributed by atoms with Gasteiger partial charge in [-0.05, 0) is 60.2 Å². The van der Waals surface area contributed by atoms with Crippen LogP contribution in [0.4, 0.5) is 0 Å². The fourth-order valence-corrected chi connectivity index (χ4v) is 3.09. The Balaban J connectivity index is 1.67. The van der Waals surface area contributed by atoms with E-state index in [1.165, 1.54) is 11.1 Å². The summed E-state index contributed by atoms with van der Waals surface area (Å²) < 4.78 is 5.51. The lowest BCUT2D eigenvalue weighted by molar-refractivity contribution is 0.167. The molecule has 0 amide bonds. The van der Waals surface area contributed by atoms with Gasteiger partial charge in [0.05, 0.1) is 12.7 Å². The average molecular weight is 303 g/mol. The third-order valence-electron chi connectivity index (χ3n) is 4.05. The number of ether oxygens (including phenoxy) is 1. The molecule has 110 valence electrons. The summed E-state index contributed by atoms with van der Waals surface area (Å²) in [5, 5.41) is 11.1. The first kappa shape index (κ1) is 14.4. The Bertz CT molecular complexity index is 652. The highest BCUT2D eigenvalue weighted by Gasteiger charge is 2.14. The van der Waals surface area contributed by atoms with Gasteiger partial charge >= 0.3 is 0 Å². The minimum atomic E-state index is -0.452. The van der Waals surface area contributed by atoms with Crippen molar-refractivity contribution in [1.82, 2.24) is 0 Å². The largest absolute Gasteiger partial charge is 0.493 e. The van der Waals surface area contributed by atoms with E-state index < -0.39 is 6.10 Å². The Kier molecular flexibility index (Phi) is 4.18. The van der Waals surface area contributed by atoms with E-state index in [0.717, 1.165) is 36.3 Å². The number of fused-ring (bicyclic) bond motifs is 1. The number of rotatable bonds is 4. The van der Waals surface area contributed by atoms with Gasteiger partial charge in [-0.2, -0.15) is 0 Å². The molecule has 0 radical (unpaired) electrons. The minimum absolute atomic E-state index is 0.452. The molecule has 0 bridgehead atoms. The Morgan fingerprint density at radius 3 is 2.90 bits per heavy atom. The maximum absolute atomic E-state index is 10.4. The molecule has 3 rings (SSSR count). The number of hydrogen-bond acceptors (Lipinski definition) is 2. The van der Waals surface area contributed by atoms with Crippen LogP contribution in [0.1, 0.15) is 34.8 Å². The van der Waals surface area contributed by atoms with Crippen molar-refractivity contribution in [3.63, 3.8) is 0 Å². The van der Waals surface area contributed by atoms with Gasteiger partial charge in [-0.25, -0.2) is 0 Å². The Labute approximate surface area is 130 Å². The molecular weight excluding hydrogens is 284 g/mol. The Morgan fingerprint density at radius 1 is 1.24 bits per heavy atom. The molecule has 1 aliphatic heterocycles. The second-order valence-electron chi connectivity index (χ2n) is 5.60. The molecule has 0 spiro atoms. The molecule has 0 saturated heterocycles. The van der Waals surface area contributed by atoms with E-state index in [1.54, 1.807) is 0 Å². The monoisotopic (exact) mass is 302 g/mol. The second kappa shape index (κ2) is 6.08. The van der Waals surface area contributed by atoms with Crippen molar-refractivity contribution in [2.75, 3.05) is 6.61 Å². The summed E-state index contributed by atoms with van der Waals surface area (Å²) in [6.45, 7) is 2.77. The molecule has 2 aromatic rings. The molecule has 0 fully saturated rings. The summed E-state index contributed by atoms with van der Waals surface area (Å²) >= 11 is 5.96. The number of aliphatic hydroxyl groups excluding tert-OH is 1. The number of benzene rings is 2. The van der Waals surface area contributed by atoms with Crippen LogP contribution >= 0.6 is 11.6 Å². The van der Waals surface area contributed by atoms with E-state index in [1.807, 2.05) is 31.2 Å². The van der Waals surface area contributed by atoms with E-state index in [4.69, 9.17) is 16.3 Å². The van der Waals surface area contributed by atoms with Crippen molar-refractivity contribution in [2.24, 2.45) is 0 Å². The van der Waals surface area contributed by atoms with E-state index in [9.17, 15) is 5.11 Å². The standard InChI is InChI=1S/C18H19ClO2/c1-12-10-15(19)4-5-16(12)17(20)6-2-13-3-7-18-14(11-13)8-9-21-18/h3-5,7,10-11,17,20H,2,6,8-9H2,1H3. The van der Waals surface area contributed by atoms with Gasteiger partial charge in [0, 0.05) is 11.4 Å². The maximum atomic E-state index is 10.4. The van der Waals surface area contributed by atoms with Gasteiger partial charge in [0.2, 0.25) is 0 Å². The molecule has 0 aliphatic carbocycles. The third-order valence-corrected chi connectivity index (χ3v) is 4.29. The molecule has 3 heteroatoms. The predicted octanol–water partition coefficient (Wildman–Crippen LogP) is 4.25. The minimum Gasteiger partial charge on any atom is -0.493 e. The van der Waals surface area contributed by atoms with Crippen LogP contribution in [0.15, 0.2) is 36.4 Å². The van der Waals surface area contributed by atoms with Crippen LogP contribution < -0.4 is 4.74 Å². The maximum Gasteiger partial charge on any atom is 0.122 e. The lowest BCUT2D eigenvalue weighted by Crippen LogP contribution is -2.02. The zero-order valence-corrected chi connectivity index (χ0v) is 12.9. The molecule has 0 saturated carbocycles. The molecule has 1 unspecified atom stereocenters. The van der Waals surface area contributed by atoms with Crippen LogP contribution in [0.2, 0.25) is 5.02 Å². The van der Waals surface area contributed by atoms with E-state index >= 15 is 0 Å². The van der Waals surface area contributed by atoms with Crippen LogP contribution in [0, 0.1) is 6.92 Å². The van der Waals surface area contributed by atoms with Crippen molar-refractivity contribution < 1.29 is 9.84 Å². The summed E-state index contributed by atoms with van der Waals surface area (Å²) in [5.41, 5.74) is 4.54. The van der Waals surface area contributed by atoms with Gasteiger partial charge in [-0.3, -0.25) is 0 Å². The summed E-state index contributed by atoms with van der Waals surface area (Å²) in [4.78, 5) is 0. The quantitative estimate of drug-likeness (QED) is 0.915. The molecule has 1 N–H and O–H groups in total. The fraction of sp³-hybridized carbons (Fsp3) is 0.333. The summed E-state index contributed by atoms with van der Waals surface area (Å²) in [6, 6.07) is 12.0. The number of aliphatic hydroxyl groups is 1. The molecule has 0 aromatic heterocycles. The second-order valence-corrected chi connectivity index (χ2v) is 6.03. The molecular formula is C18H19ClO2. The summed E-state index contributed by atoms with van der Waals surface area (Å²) in [7, 11) is 0. The van der Waals surface area contributed by atoms with Gasteiger partial charge in [0.15, 0.2) is 0 Å². The molecule has 1 atom stereocenters. The highest BCUT2D eigenvalue weighted by Crippen LogP contribution is 2.28. The smallest absolute Gasteiger partial charge is 0.122 e. The first-order valence-corrected chi connectivity index (χ1v) is 7.70. The van der Waals surface area contributed by atoms with Crippen LogP contribution in [-0.4, -0.2) is 11.7 Å². The van der Waals surface area contributed by atoms with Gasteiger partial charge in [-0.15, -0.1) is 0 Å². The number of hydrogen-bond donors (Lipinski definition) is 1. The van der Waals surface area contributed by atoms with Crippen LogP contribution in [0.25, 0.3) is 0 Å². The normalized spacial score (nSPS) is 14.6. The van der Waals surface area contributed by atoms with Gasteiger partial charge in [-0.1, -0.05) is 29.8 Å². The van der Waals surface area contributed by atoms with Gasteiger partial charge in [0.1, 0.15) is 5.75 Å². The lowest BCUT2D eigenvalue weighted by atomic mass is 9.97. The van der Waals surface area contributed by atoms with Crippen LogP contribution in [0.5, 0.6) is 5.75 Å². The fourth-order valence-electron chi connectivity index (χ4n) is 2.87. The zero-order valence-electron chi connectivity index (χ0n) is 12.1. The van der Waals surface area contributed by atoms with Crippen molar-refractivity contribution >= 4 is 11.6 Å². The lowest BCUT2D eigenvalue weighted by Gasteiger charge is -2.14. The molecule has 21 heavy (non-hydrogen) atoms. The highest BCUT2D eigenvalue weighted by atomic mass is 35.5. The Morgan fingerprint density at radius 2 is 2.10 bits per heavy atom. The predicted molar refractivity (Wildman–Crippen MR) is 85.1 cm³/mol.